The zero-order chi connectivity index (χ0) is 27.2. The van der Waals surface area contributed by atoms with E-state index in [1.54, 1.807) is 6.92 Å². The second kappa shape index (κ2) is 8.03. The molecule has 5 rings (SSSR count). The van der Waals surface area contributed by atoms with Gasteiger partial charge in [-0.05, 0) is 61.6 Å². The van der Waals surface area contributed by atoms with E-state index in [1.165, 1.54) is 6.07 Å². The van der Waals surface area contributed by atoms with Gasteiger partial charge in [0.2, 0.25) is 5.78 Å². The van der Waals surface area contributed by atoms with Crippen molar-refractivity contribution < 1.29 is 34.8 Å². The van der Waals surface area contributed by atoms with E-state index in [0.29, 0.717) is 6.42 Å². The minimum Gasteiger partial charge on any atom is -0.511 e. The van der Waals surface area contributed by atoms with Crippen LogP contribution in [0.25, 0.3) is 0 Å². The monoisotopic (exact) mass is 508 g/mol. The van der Waals surface area contributed by atoms with Crippen LogP contribution in [0.2, 0.25) is 0 Å². The maximum absolute atomic E-state index is 14.0. The summed E-state index contributed by atoms with van der Waals surface area (Å²) in [5, 5.41) is 45.8. The number of carbonyl (C=O) groups excluding carboxylic acids is 3. The van der Waals surface area contributed by atoms with Gasteiger partial charge in [0.05, 0.1) is 5.56 Å². The lowest BCUT2D eigenvalue weighted by Gasteiger charge is -2.59. The molecule has 4 N–H and O–H groups in total. The highest BCUT2D eigenvalue weighted by atomic mass is 16.3. The smallest absolute Gasteiger partial charge is 0.209 e. The number of Topliss-reactive ketones (excluding diaryl/α,β-unsaturated/α-hetero) is 3. The molecular formula is C30H36O7. The normalized spacial score (nSPS) is 34.1. The highest BCUT2D eigenvalue weighted by Gasteiger charge is 2.71. The van der Waals surface area contributed by atoms with E-state index in [9.17, 15) is 34.8 Å². The number of fused-ring (bicyclic) bond motifs is 3. The maximum atomic E-state index is 14.0. The van der Waals surface area contributed by atoms with Crippen molar-refractivity contribution in [2.75, 3.05) is 0 Å². The van der Waals surface area contributed by atoms with Crippen LogP contribution in [0.4, 0.5) is 0 Å². The molecule has 0 amide bonds. The van der Waals surface area contributed by atoms with Crippen LogP contribution in [-0.4, -0.2) is 43.4 Å². The van der Waals surface area contributed by atoms with Crippen molar-refractivity contribution in [3.63, 3.8) is 0 Å². The molecule has 4 atom stereocenters. The fourth-order valence-corrected chi connectivity index (χ4v) is 8.37. The maximum Gasteiger partial charge on any atom is 0.209 e. The molecule has 4 aliphatic rings. The zero-order valence-corrected chi connectivity index (χ0v) is 22.1. The van der Waals surface area contributed by atoms with Crippen molar-refractivity contribution in [3.8, 4) is 5.75 Å². The first-order valence-corrected chi connectivity index (χ1v) is 13.3. The van der Waals surface area contributed by atoms with Crippen LogP contribution < -0.4 is 0 Å². The molecule has 1 fully saturated rings. The van der Waals surface area contributed by atoms with Crippen molar-refractivity contribution in [1.82, 2.24) is 0 Å². The standard InChI is InChI=1S/C30H36O7/c1-14(2)22-24(33)20(15(3)31)26(35)30(37)27(36)23-25(34)21-18(12-28(23,4)13-29(22,30)5)17(10-11-19(21)32)16-8-6-7-9-16/h10-11,14,16,22,32-33,36-37H,6-9,12-13H2,1-5H3/t22?,28-,29-,30+/m1/s1. The van der Waals surface area contributed by atoms with Gasteiger partial charge in [-0.15, -0.1) is 0 Å². The van der Waals surface area contributed by atoms with Crippen LogP contribution in [0, 0.1) is 22.7 Å². The van der Waals surface area contributed by atoms with Gasteiger partial charge in [0, 0.05) is 22.3 Å². The summed E-state index contributed by atoms with van der Waals surface area (Å²) in [6, 6.07) is 3.41. The van der Waals surface area contributed by atoms with Crippen LogP contribution >= 0.6 is 0 Å². The van der Waals surface area contributed by atoms with Gasteiger partial charge in [-0.2, -0.15) is 0 Å². The Hall–Kier alpha value is -2.93. The Morgan fingerprint density at radius 2 is 1.68 bits per heavy atom. The molecule has 1 aromatic carbocycles. The van der Waals surface area contributed by atoms with Gasteiger partial charge in [-0.25, -0.2) is 0 Å². The Morgan fingerprint density at radius 1 is 1.05 bits per heavy atom. The summed E-state index contributed by atoms with van der Waals surface area (Å²) in [4.78, 5) is 40.2. The number of aliphatic hydroxyl groups is 3. The number of aromatic hydroxyl groups is 1. The number of phenols is 1. The van der Waals surface area contributed by atoms with Crippen molar-refractivity contribution in [2.45, 2.75) is 84.7 Å². The number of carbonyl (C=O) groups is 3. The van der Waals surface area contributed by atoms with Crippen LogP contribution in [0.5, 0.6) is 5.75 Å². The number of allylic oxidation sites excluding steroid dienone is 2. The summed E-state index contributed by atoms with van der Waals surface area (Å²) in [5.41, 5.74) is -3.67. The van der Waals surface area contributed by atoms with Crippen molar-refractivity contribution >= 4 is 17.3 Å². The first-order chi connectivity index (χ1) is 17.2. The molecule has 37 heavy (non-hydrogen) atoms. The molecule has 1 saturated carbocycles. The molecule has 0 spiro atoms. The van der Waals surface area contributed by atoms with E-state index in [-0.39, 0.29) is 40.9 Å². The third kappa shape index (κ3) is 3.13. The predicted octanol–water partition coefficient (Wildman–Crippen LogP) is 5.00. The van der Waals surface area contributed by atoms with Gasteiger partial charge in [0.15, 0.2) is 17.2 Å². The Bertz CT molecular complexity index is 1310. The molecule has 1 unspecified atom stereocenters. The summed E-state index contributed by atoms with van der Waals surface area (Å²) in [7, 11) is 0. The molecule has 0 aliphatic heterocycles. The lowest BCUT2D eigenvalue weighted by molar-refractivity contribution is -0.171. The van der Waals surface area contributed by atoms with Gasteiger partial charge >= 0.3 is 0 Å². The lowest BCUT2D eigenvalue weighted by Crippen LogP contribution is -2.67. The van der Waals surface area contributed by atoms with Gasteiger partial charge in [-0.1, -0.05) is 46.6 Å². The Labute approximate surface area is 216 Å². The minimum atomic E-state index is -2.57. The Morgan fingerprint density at radius 3 is 2.24 bits per heavy atom. The molecule has 0 saturated heterocycles. The van der Waals surface area contributed by atoms with Crippen molar-refractivity contribution in [2.24, 2.45) is 22.7 Å². The number of hydrogen-bond acceptors (Lipinski definition) is 7. The van der Waals surface area contributed by atoms with Crippen LogP contribution in [0.1, 0.15) is 94.1 Å². The largest absolute Gasteiger partial charge is 0.511 e. The van der Waals surface area contributed by atoms with Gasteiger partial charge in [0.25, 0.3) is 0 Å². The molecule has 0 heterocycles. The molecule has 0 bridgehead atoms. The molecule has 1 aromatic rings. The van der Waals surface area contributed by atoms with E-state index < -0.39 is 51.0 Å². The summed E-state index contributed by atoms with van der Waals surface area (Å²) in [6.07, 6.45) is 4.66. The van der Waals surface area contributed by atoms with Crippen LogP contribution in [-0.2, 0) is 16.0 Å². The predicted molar refractivity (Wildman–Crippen MR) is 136 cm³/mol. The van der Waals surface area contributed by atoms with Gasteiger partial charge in [-0.3, -0.25) is 14.4 Å². The number of rotatable bonds is 3. The molecule has 0 radical (unpaired) electrons. The third-order valence-corrected chi connectivity index (χ3v) is 9.72. The average Bonchev–Trinajstić information content (AvgIpc) is 3.30. The first kappa shape index (κ1) is 25.7. The number of aliphatic hydroxyl groups excluding tert-OH is 2. The molecular weight excluding hydrogens is 472 g/mol. The fraction of sp³-hybridized carbons (Fsp3) is 0.567. The zero-order valence-electron chi connectivity index (χ0n) is 22.1. The van der Waals surface area contributed by atoms with Crippen LogP contribution in [0.15, 0.2) is 34.8 Å². The van der Waals surface area contributed by atoms with E-state index in [0.717, 1.165) is 43.7 Å². The van der Waals surface area contributed by atoms with Gasteiger partial charge < -0.3 is 20.4 Å². The highest BCUT2D eigenvalue weighted by Crippen LogP contribution is 2.65. The van der Waals surface area contributed by atoms with Crippen molar-refractivity contribution in [1.29, 1.82) is 0 Å². The molecule has 7 heteroatoms. The molecule has 0 aromatic heterocycles. The average molecular weight is 509 g/mol. The molecule has 7 nitrogen and oxygen atoms in total. The van der Waals surface area contributed by atoms with Gasteiger partial charge in [0.1, 0.15) is 22.8 Å². The summed E-state index contributed by atoms with van der Waals surface area (Å²) in [6.45, 7) is 8.29. The van der Waals surface area contributed by atoms with Crippen molar-refractivity contribution in [3.05, 3.63) is 51.5 Å². The number of ketones is 3. The molecule has 4 aliphatic carbocycles. The number of hydrogen-bond donors (Lipinski definition) is 4. The quantitative estimate of drug-likeness (QED) is 0.422. The summed E-state index contributed by atoms with van der Waals surface area (Å²) < 4.78 is 0. The van der Waals surface area contributed by atoms with E-state index in [1.807, 2.05) is 26.8 Å². The number of benzene rings is 1. The fourth-order valence-electron chi connectivity index (χ4n) is 8.37. The summed E-state index contributed by atoms with van der Waals surface area (Å²) >= 11 is 0. The number of phenolic OH excluding ortho intramolecular Hbond substituents is 1. The topological polar surface area (TPSA) is 132 Å². The van der Waals surface area contributed by atoms with E-state index >= 15 is 0 Å². The summed E-state index contributed by atoms with van der Waals surface area (Å²) in [5.74, 6) is -4.57. The van der Waals surface area contributed by atoms with E-state index in [2.05, 4.69) is 0 Å². The first-order valence-electron chi connectivity index (χ1n) is 13.3. The minimum absolute atomic E-state index is 0.0982. The third-order valence-electron chi connectivity index (χ3n) is 9.72. The SMILES string of the molecule is CC(=O)C1=C(O)C(C(C)C)[C@@]2(C)C[C@@]3(C)Cc4c(C5CCCC5)ccc(O)c4C(=O)C3=C(O)[C@@]2(O)C1=O. The Balaban J connectivity index is 1.79. The second-order valence-electron chi connectivity index (χ2n) is 12.5. The second-order valence-corrected chi connectivity index (χ2v) is 12.5. The lowest BCUT2D eigenvalue weighted by atomic mass is 9.44. The van der Waals surface area contributed by atoms with Crippen LogP contribution in [0.3, 0.4) is 0 Å². The van der Waals surface area contributed by atoms with E-state index in [4.69, 9.17) is 0 Å². The Kier molecular flexibility index (Phi) is 5.58. The molecule has 198 valence electrons. The highest BCUT2D eigenvalue weighted by molar-refractivity contribution is 6.25.